The quantitative estimate of drug-likeness (QED) is 0.881. The largest absolute Gasteiger partial charge is 0.481 e. The number of morpholine rings is 1. The van der Waals surface area contributed by atoms with Crippen molar-refractivity contribution < 1.29 is 19.0 Å². The van der Waals surface area contributed by atoms with Crippen molar-refractivity contribution in [3.05, 3.63) is 24.1 Å². The zero-order valence-corrected chi connectivity index (χ0v) is 13.7. The van der Waals surface area contributed by atoms with E-state index in [1.165, 1.54) is 6.07 Å². The van der Waals surface area contributed by atoms with E-state index in [0.29, 0.717) is 24.8 Å². The summed E-state index contributed by atoms with van der Waals surface area (Å²) in [5, 5.41) is 9.05. The fraction of sp³-hybridized carbons (Fsp3) is 0.647. The van der Waals surface area contributed by atoms with E-state index in [2.05, 4.69) is 9.88 Å². The lowest BCUT2D eigenvalue weighted by molar-refractivity contribution is -0.137. The molecular formula is C17H24FN3O3. The Kier molecular flexibility index (Phi) is 5.63. The van der Waals surface area contributed by atoms with Crippen LogP contribution < -0.4 is 4.90 Å². The molecule has 2 aliphatic rings. The fourth-order valence-electron chi connectivity index (χ4n) is 3.80. The molecule has 0 bridgehead atoms. The van der Waals surface area contributed by atoms with Crippen molar-refractivity contribution in [1.82, 2.24) is 9.88 Å². The zero-order chi connectivity index (χ0) is 16.9. The second-order valence-electron chi connectivity index (χ2n) is 6.45. The lowest BCUT2D eigenvalue weighted by atomic mass is 9.86. The first-order valence-corrected chi connectivity index (χ1v) is 8.54. The maximum absolute atomic E-state index is 14.0. The van der Waals surface area contributed by atoms with Gasteiger partial charge in [0.15, 0.2) is 11.6 Å². The SMILES string of the molecule is O=C(O)CC[C@@H]1CN(c2ncccc2F)CC[C@@H]1N1CCOCC1. The molecule has 0 aromatic carbocycles. The normalized spacial score (nSPS) is 25.6. The number of piperidine rings is 1. The fourth-order valence-corrected chi connectivity index (χ4v) is 3.80. The first-order chi connectivity index (χ1) is 11.6. The first-order valence-electron chi connectivity index (χ1n) is 8.54. The topological polar surface area (TPSA) is 65.9 Å². The van der Waals surface area contributed by atoms with Crippen LogP contribution in [0.1, 0.15) is 19.3 Å². The van der Waals surface area contributed by atoms with Gasteiger partial charge in [-0.25, -0.2) is 9.37 Å². The van der Waals surface area contributed by atoms with Gasteiger partial charge in [-0.3, -0.25) is 9.69 Å². The third-order valence-electron chi connectivity index (χ3n) is 4.98. The Hall–Kier alpha value is -1.73. The van der Waals surface area contributed by atoms with E-state index in [4.69, 9.17) is 9.84 Å². The molecule has 3 heterocycles. The van der Waals surface area contributed by atoms with Crippen molar-refractivity contribution in [2.75, 3.05) is 44.3 Å². The summed E-state index contributed by atoms with van der Waals surface area (Å²) in [5.74, 6) is -0.538. The molecule has 3 rings (SSSR count). The molecule has 24 heavy (non-hydrogen) atoms. The number of hydrogen-bond donors (Lipinski definition) is 1. The molecule has 0 saturated carbocycles. The number of nitrogens with zero attached hydrogens (tertiary/aromatic N) is 3. The van der Waals surface area contributed by atoms with Gasteiger partial charge in [0.25, 0.3) is 0 Å². The van der Waals surface area contributed by atoms with Crippen molar-refractivity contribution in [2.24, 2.45) is 5.92 Å². The number of ether oxygens (including phenoxy) is 1. The van der Waals surface area contributed by atoms with E-state index >= 15 is 0 Å². The molecule has 1 N–H and O–H groups in total. The number of anilines is 1. The maximum atomic E-state index is 14.0. The van der Waals surface area contributed by atoms with Crippen LogP contribution in [0.25, 0.3) is 0 Å². The van der Waals surface area contributed by atoms with E-state index in [0.717, 1.165) is 39.3 Å². The van der Waals surface area contributed by atoms with Crippen LogP contribution >= 0.6 is 0 Å². The lowest BCUT2D eigenvalue weighted by Crippen LogP contribution is -2.54. The second kappa shape index (κ2) is 7.90. The zero-order valence-electron chi connectivity index (χ0n) is 13.7. The first kappa shape index (κ1) is 17.1. The van der Waals surface area contributed by atoms with Crippen LogP contribution in [0.3, 0.4) is 0 Å². The summed E-state index contributed by atoms with van der Waals surface area (Å²) >= 11 is 0. The highest BCUT2D eigenvalue weighted by atomic mass is 19.1. The number of rotatable bonds is 5. The summed E-state index contributed by atoms with van der Waals surface area (Å²) in [6, 6.07) is 3.33. The van der Waals surface area contributed by atoms with E-state index in [1.807, 2.05) is 4.90 Å². The Morgan fingerprint density at radius 2 is 2.17 bits per heavy atom. The Morgan fingerprint density at radius 1 is 1.38 bits per heavy atom. The van der Waals surface area contributed by atoms with E-state index in [9.17, 15) is 9.18 Å². The Bertz CT molecular complexity index is 566. The molecule has 6 nitrogen and oxygen atoms in total. The predicted molar refractivity (Wildman–Crippen MR) is 87.6 cm³/mol. The Morgan fingerprint density at radius 3 is 2.88 bits per heavy atom. The summed E-state index contributed by atoms with van der Waals surface area (Å²) in [4.78, 5) is 19.5. The third-order valence-corrected chi connectivity index (χ3v) is 4.98. The van der Waals surface area contributed by atoms with E-state index in [-0.39, 0.29) is 18.2 Å². The summed E-state index contributed by atoms with van der Waals surface area (Å²) in [5.41, 5.74) is 0. The van der Waals surface area contributed by atoms with Crippen LogP contribution in [0.15, 0.2) is 18.3 Å². The minimum absolute atomic E-state index is 0.143. The average molecular weight is 337 g/mol. The number of hydrogen-bond acceptors (Lipinski definition) is 5. The minimum Gasteiger partial charge on any atom is -0.481 e. The molecule has 0 aliphatic carbocycles. The van der Waals surface area contributed by atoms with Gasteiger partial charge in [-0.05, 0) is 30.9 Å². The maximum Gasteiger partial charge on any atom is 0.303 e. The minimum atomic E-state index is -0.781. The molecule has 2 saturated heterocycles. The Labute approximate surface area is 141 Å². The van der Waals surface area contributed by atoms with Gasteiger partial charge in [0.05, 0.1) is 13.2 Å². The number of carboxylic acid groups (broad SMARTS) is 1. The molecule has 1 aromatic rings. The number of carboxylic acids is 1. The number of carbonyl (C=O) groups is 1. The molecule has 7 heteroatoms. The van der Waals surface area contributed by atoms with Crippen LogP contribution in [0.2, 0.25) is 0 Å². The molecular weight excluding hydrogens is 313 g/mol. The second-order valence-corrected chi connectivity index (χ2v) is 6.45. The van der Waals surface area contributed by atoms with Crippen LogP contribution in [0, 0.1) is 11.7 Å². The van der Waals surface area contributed by atoms with Crippen molar-refractivity contribution in [3.8, 4) is 0 Å². The molecule has 2 aliphatic heterocycles. The molecule has 0 unspecified atom stereocenters. The molecule has 0 spiro atoms. The molecule has 0 amide bonds. The summed E-state index contributed by atoms with van der Waals surface area (Å²) in [6.45, 7) is 4.59. The van der Waals surface area contributed by atoms with Crippen LogP contribution in [-0.4, -0.2) is 66.4 Å². The standard InChI is InChI=1S/C17H24FN3O3/c18-14-2-1-6-19-17(14)21-7-5-15(20-8-10-24-11-9-20)13(12-21)3-4-16(22)23/h1-2,6,13,15H,3-5,7-12H2,(H,22,23)/t13-,15+/m1/s1. The molecule has 0 radical (unpaired) electrons. The highest BCUT2D eigenvalue weighted by Gasteiger charge is 2.35. The van der Waals surface area contributed by atoms with E-state index in [1.54, 1.807) is 12.3 Å². The van der Waals surface area contributed by atoms with Gasteiger partial charge in [-0.1, -0.05) is 0 Å². The number of halogens is 1. The summed E-state index contributed by atoms with van der Waals surface area (Å²) in [6.07, 6.45) is 3.23. The van der Waals surface area contributed by atoms with Gasteiger partial charge in [-0.2, -0.15) is 0 Å². The smallest absolute Gasteiger partial charge is 0.303 e. The van der Waals surface area contributed by atoms with Crippen molar-refractivity contribution in [1.29, 1.82) is 0 Å². The van der Waals surface area contributed by atoms with Crippen LogP contribution in [0.4, 0.5) is 10.2 Å². The molecule has 132 valence electrons. The monoisotopic (exact) mass is 337 g/mol. The number of aliphatic carboxylic acids is 1. The number of aromatic nitrogens is 1. The van der Waals surface area contributed by atoms with Crippen LogP contribution in [0.5, 0.6) is 0 Å². The van der Waals surface area contributed by atoms with E-state index < -0.39 is 5.97 Å². The van der Waals surface area contributed by atoms with Crippen molar-refractivity contribution >= 4 is 11.8 Å². The lowest BCUT2D eigenvalue weighted by Gasteiger charge is -2.45. The van der Waals surface area contributed by atoms with Gasteiger partial charge in [0, 0.05) is 44.8 Å². The van der Waals surface area contributed by atoms with Crippen LogP contribution in [-0.2, 0) is 9.53 Å². The van der Waals surface area contributed by atoms with Gasteiger partial charge in [0.1, 0.15) is 0 Å². The van der Waals surface area contributed by atoms with Gasteiger partial charge in [-0.15, -0.1) is 0 Å². The number of pyridine rings is 1. The molecule has 2 atom stereocenters. The van der Waals surface area contributed by atoms with Gasteiger partial charge < -0.3 is 14.7 Å². The average Bonchev–Trinajstić information content (AvgIpc) is 2.61. The summed E-state index contributed by atoms with van der Waals surface area (Å²) in [7, 11) is 0. The molecule has 2 fully saturated rings. The Balaban J connectivity index is 1.72. The van der Waals surface area contributed by atoms with Gasteiger partial charge >= 0.3 is 5.97 Å². The van der Waals surface area contributed by atoms with Crippen molar-refractivity contribution in [2.45, 2.75) is 25.3 Å². The third kappa shape index (κ3) is 4.02. The predicted octanol–water partition coefficient (Wildman–Crippen LogP) is 1.61. The summed E-state index contributed by atoms with van der Waals surface area (Å²) < 4.78 is 19.5. The highest BCUT2D eigenvalue weighted by Crippen LogP contribution is 2.30. The van der Waals surface area contributed by atoms with Gasteiger partial charge in [0.2, 0.25) is 0 Å². The van der Waals surface area contributed by atoms with Crippen molar-refractivity contribution in [3.63, 3.8) is 0 Å². The molecule has 1 aromatic heterocycles. The highest BCUT2D eigenvalue weighted by molar-refractivity contribution is 5.66.